The van der Waals surface area contributed by atoms with Crippen molar-refractivity contribution in [2.75, 3.05) is 5.75 Å². The number of carboxylic acid groups (broad SMARTS) is 1. The average molecular weight is 217 g/mol. The van der Waals surface area contributed by atoms with Gasteiger partial charge in [0.1, 0.15) is 0 Å². The maximum atomic E-state index is 10.6. The number of hydrogen-bond donors (Lipinski definition) is 1. The molecule has 0 aliphatic carbocycles. The first kappa shape index (κ1) is 10.2. The van der Waals surface area contributed by atoms with Gasteiger partial charge in [-0.15, -0.1) is 11.8 Å². The number of rotatable bonds is 4. The number of aldehydes is 1. The van der Waals surface area contributed by atoms with Crippen LogP contribution >= 0.6 is 23.3 Å². The van der Waals surface area contributed by atoms with Crippen molar-refractivity contribution >= 4 is 35.5 Å². The van der Waals surface area contributed by atoms with Crippen molar-refractivity contribution in [1.82, 2.24) is 4.37 Å². The van der Waals surface area contributed by atoms with E-state index in [1.165, 1.54) is 0 Å². The highest BCUT2D eigenvalue weighted by molar-refractivity contribution is 8.01. The van der Waals surface area contributed by atoms with Crippen LogP contribution in [-0.4, -0.2) is 27.5 Å². The minimum Gasteiger partial charge on any atom is -0.481 e. The SMILES string of the molecule is Cc1nsc(SCC(=O)O)c1C=O. The molecular weight excluding hydrogens is 210 g/mol. The predicted octanol–water partition coefficient (Wildman–Crippen LogP) is 1.44. The molecule has 0 amide bonds. The van der Waals surface area contributed by atoms with Crippen molar-refractivity contribution in [3.63, 3.8) is 0 Å². The van der Waals surface area contributed by atoms with E-state index < -0.39 is 5.97 Å². The molecule has 1 rings (SSSR count). The topological polar surface area (TPSA) is 67.3 Å². The summed E-state index contributed by atoms with van der Waals surface area (Å²) in [5.74, 6) is -0.935. The second-order valence-electron chi connectivity index (χ2n) is 2.27. The summed E-state index contributed by atoms with van der Waals surface area (Å²) < 4.78 is 4.64. The third-order valence-electron chi connectivity index (χ3n) is 1.32. The lowest BCUT2D eigenvalue weighted by molar-refractivity contribution is -0.133. The molecule has 0 saturated heterocycles. The Morgan fingerprint density at radius 3 is 3.00 bits per heavy atom. The van der Waals surface area contributed by atoms with Gasteiger partial charge in [0.15, 0.2) is 6.29 Å². The highest BCUT2D eigenvalue weighted by Crippen LogP contribution is 2.27. The van der Waals surface area contributed by atoms with E-state index in [4.69, 9.17) is 5.11 Å². The van der Waals surface area contributed by atoms with Crippen LogP contribution in [0.15, 0.2) is 4.21 Å². The minimum atomic E-state index is -0.895. The van der Waals surface area contributed by atoms with E-state index in [0.717, 1.165) is 23.3 Å². The molecular formula is C7H7NO3S2. The van der Waals surface area contributed by atoms with Gasteiger partial charge in [-0.3, -0.25) is 9.59 Å². The molecule has 0 spiro atoms. The van der Waals surface area contributed by atoms with Crippen LogP contribution in [0, 0.1) is 6.92 Å². The molecule has 0 fully saturated rings. The minimum absolute atomic E-state index is 0.0392. The number of hydrogen-bond acceptors (Lipinski definition) is 5. The van der Waals surface area contributed by atoms with Crippen LogP contribution < -0.4 is 0 Å². The lowest BCUT2D eigenvalue weighted by Gasteiger charge is -1.93. The average Bonchev–Trinajstić information content (AvgIpc) is 2.42. The Morgan fingerprint density at radius 2 is 2.46 bits per heavy atom. The van der Waals surface area contributed by atoms with Gasteiger partial charge < -0.3 is 5.11 Å². The van der Waals surface area contributed by atoms with Crippen LogP contribution in [0.2, 0.25) is 0 Å². The van der Waals surface area contributed by atoms with Gasteiger partial charge in [-0.25, -0.2) is 0 Å². The highest BCUT2D eigenvalue weighted by atomic mass is 32.2. The first-order chi connectivity index (χ1) is 6.15. The lowest BCUT2D eigenvalue weighted by atomic mass is 10.3. The zero-order chi connectivity index (χ0) is 9.84. The molecule has 1 aromatic heterocycles. The first-order valence-corrected chi connectivity index (χ1v) is 5.17. The van der Waals surface area contributed by atoms with Crippen LogP contribution in [-0.2, 0) is 4.79 Å². The molecule has 0 saturated carbocycles. The molecule has 1 aromatic rings. The number of carboxylic acids is 1. The molecule has 70 valence electrons. The Bertz CT molecular complexity index is 334. The van der Waals surface area contributed by atoms with Crippen LogP contribution in [0.1, 0.15) is 16.1 Å². The summed E-state index contributed by atoms with van der Waals surface area (Å²) >= 11 is 2.29. The van der Waals surface area contributed by atoms with Crippen LogP contribution in [0.25, 0.3) is 0 Å². The highest BCUT2D eigenvalue weighted by Gasteiger charge is 2.11. The lowest BCUT2D eigenvalue weighted by Crippen LogP contribution is -1.97. The Morgan fingerprint density at radius 1 is 1.77 bits per heavy atom. The van der Waals surface area contributed by atoms with Gasteiger partial charge in [-0.1, -0.05) is 0 Å². The second-order valence-corrected chi connectivity index (χ2v) is 4.29. The van der Waals surface area contributed by atoms with Crippen LogP contribution in [0.3, 0.4) is 0 Å². The first-order valence-electron chi connectivity index (χ1n) is 3.41. The molecule has 1 N–H and O–H groups in total. The normalized spacial score (nSPS) is 9.92. The number of nitrogens with zero attached hydrogens (tertiary/aromatic N) is 1. The van der Waals surface area contributed by atoms with Gasteiger partial charge in [0.05, 0.1) is 21.2 Å². The van der Waals surface area contributed by atoms with E-state index >= 15 is 0 Å². The molecule has 4 nitrogen and oxygen atoms in total. The van der Waals surface area contributed by atoms with Gasteiger partial charge in [-0.2, -0.15) is 4.37 Å². The van der Waals surface area contributed by atoms with Gasteiger partial charge >= 0.3 is 5.97 Å². The van der Waals surface area contributed by atoms with Gasteiger partial charge in [0.25, 0.3) is 0 Å². The third-order valence-corrected chi connectivity index (χ3v) is 3.52. The van der Waals surface area contributed by atoms with E-state index in [-0.39, 0.29) is 5.75 Å². The Hall–Kier alpha value is -0.880. The van der Waals surface area contributed by atoms with Crippen molar-refractivity contribution in [3.8, 4) is 0 Å². The molecule has 13 heavy (non-hydrogen) atoms. The third kappa shape index (κ3) is 2.53. The summed E-state index contributed by atoms with van der Waals surface area (Å²) in [5, 5.41) is 8.42. The fourth-order valence-corrected chi connectivity index (χ4v) is 2.44. The van der Waals surface area contributed by atoms with Gasteiger partial charge in [-0.05, 0) is 18.5 Å². The number of aromatic nitrogens is 1. The van der Waals surface area contributed by atoms with E-state index in [1.807, 2.05) is 0 Å². The zero-order valence-corrected chi connectivity index (χ0v) is 8.44. The van der Waals surface area contributed by atoms with E-state index in [1.54, 1.807) is 6.92 Å². The molecule has 0 unspecified atom stereocenters. The van der Waals surface area contributed by atoms with Crippen molar-refractivity contribution in [3.05, 3.63) is 11.3 Å². The number of thioether (sulfide) groups is 1. The maximum Gasteiger partial charge on any atom is 0.313 e. The van der Waals surface area contributed by atoms with Crippen molar-refractivity contribution in [2.45, 2.75) is 11.1 Å². The Kier molecular flexibility index (Phi) is 3.44. The molecule has 0 aliphatic heterocycles. The fraction of sp³-hybridized carbons (Fsp3) is 0.286. The Balaban J connectivity index is 2.76. The number of carbonyl (C=O) groups excluding carboxylic acids is 1. The summed E-state index contributed by atoms with van der Waals surface area (Å²) in [6, 6.07) is 0. The largest absolute Gasteiger partial charge is 0.481 e. The molecule has 0 atom stereocenters. The molecule has 1 heterocycles. The monoisotopic (exact) mass is 217 g/mol. The summed E-state index contributed by atoms with van der Waals surface area (Å²) in [7, 11) is 0. The van der Waals surface area contributed by atoms with Gasteiger partial charge in [0, 0.05) is 0 Å². The predicted molar refractivity (Wildman–Crippen MR) is 50.6 cm³/mol. The molecule has 0 aromatic carbocycles. The number of carbonyl (C=O) groups is 2. The molecule has 0 radical (unpaired) electrons. The van der Waals surface area contributed by atoms with Gasteiger partial charge in [0.2, 0.25) is 0 Å². The standard InChI is InChI=1S/C7H7NO3S2/c1-4-5(2-9)7(13-8-4)12-3-6(10)11/h2H,3H2,1H3,(H,10,11). The van der Waals surface area contributed by atoms with E-state index in [0.29, 0.717) is 21.8 Å². The van der Waals surface area contributed by atoms with Crippen molar-refractivity contribution in [2.24, 2.45) is 0 Å². The maximum absolute atomic E-state index is 10.6. The molecule has 0 bridgehead atoms. The van der Waals surface area contributed by atoms with Crippen LogP contribution in [0.5, 0.6) is 0 Å². The number of aryl methyl sites for hydroxylation is 1. The summed E-state index contributed by atoms with van der Waals surface area (Å²) in [4.78, 5) is 20.8. The summed E-state index contributed by atoms with van der Waals surface area (Å²) in [6.07, 6.45) is 0.711. The summed E-state index contributed by atoms with van der Waals surface area (Å²) in [6.45, 7) is 1.73. The molecule has 6 heteroatoms. The molecule has 0 aliphatic rings. The second kappa shape index (κ2) is 4.38. The van der Waals surface area contributed by atoms with E-state index in [9.17, 15) is 9.59 Å². The zero-order valence-electron chi connectivity index (χ0n) is 6.81. The number of aliphatic carboxylic acids is 1. The van der Waals surface area contributed by atoms with Crippen LogP contribution in [0.4, 0.5) is 0 Å². The van der Waals surface area contributed by atoms with E-state index in [2.05, 4.69) is 4.37 Å². The quantitative estimate of drug-likeness (QED) is 0.610. The summed E-state index contributed by atoms with van der Waals surface area (Å²) in [5.41, 5.74) is 1.17. The van der Waals surface area contributed by atoms with Crippen molar-refractivity contribution in [1.29, 1.82) is 0 Å². The smallest absolute Gasteiger partial charge is 0.313 e. The van der Waals surface area contributed by atoms with Crippen molar-refractivity contribution < 1.29 is 14.7 Å². The fourth-order valence-electron chi connectivity index (χ4n) is 0.721. The Labute approximate surface area is 83.1 Å².